The van der Waals surface area contributed by atoms with Crippen molar-refractivity contribution < 1.29 is 22.0 Å². The van der Waals surface area contributed by atoms with E-state index in [1.165, 1.54) is 27.7 Å². The molecule has 0 aliphatic heterocycles. The van der Waals surface area contributed by atoms with Crippen molar-refractivity contribution in [2.75, 3.05) is 0 Å². The standard InChI is InChI=1S/2C5H8O2.C3H7O.In.2H/c2*1-4(6)3-5(2)7;1-3(2)4;;;/h2*3H2,1-2H3;3H,1-2H3;;;/q;;-1;+1;;. The molecule has 0 bridgehead atoms. The van der Waals surface area contributed by atoms with Crippen molar-refractivity contribution in [2.24, 2.45) is 0 Å². The fraction of sp³-hybridized carbons (Fsp3) is 0.692. The third kappa shape index (κ3) is 46.6. The predicted octanol–water partition coefficient (Wildman–Crippen LogP) is 1.07. The molecule has 0 rings (SSSR count). The van der Waals surface area contributed by atoms with E-state index >= 15 is 0 Å². The number of hydrogen-bond donors (Lipinski definition) is 0. The van der Waals surface area contributed by atoms with Gasteiger partial charge in [0.15, 0.2) is 0 Å². The summed E-state index contributed by atoms with van der Waals surface area (Å²) in [7, 11) is 0. The molecule has 0 atom stereocenters. The SMILES string of the molecule is CC(=O)CC(C)=O.CC(=O)CC(C)=O.CC(C)[O][InH2]. The molecule has 0 aromatic rings. The molecule has 0 aromatic carbocycles. The van der Waals surface area contributed by atoms with Crippen LogP contribution in [0.5, 0.6) is 0 Å². The molecule has 0 radical (unpaired) electrons. The van der Waals surface area contributed by atoms with E-state index in [0.717, 1.165) is 0 Å². The number of carbonyl (C=O) groups is 4. The Hall–Kier alpha value is -0.490. The Morgan fingerprint density at radius 2 is 0.947 bits per heavy atom. The molecule has 0 spiro atoms. The van der Waals surface area contributed by atoms with Gasteiger partial charge in [0, 0.05) is 0 Å². The van der Waals surface area contributed by atoms with E-state index in [-0.39, 0.29) is 36.0 Å². The Bertz CT molecular complexity index is 247. The van der Waals surface area contributed by atoms with Crippen molar-refractivity contribution in [3.8, 4) is 0 Å². The summed E-state index contributed by atoms with van der Waals surface area (Å²) in [5, 5.41) is 0. The minimum absolute atomic E-state index is 0.0625. The monoisotopic (exact) mass is 376 g/mol. The first kappa shape index (κ1) is 23.6. The van der Waals surface area contributed by atoms with Crippen LogP contribution < -0.4 is 0 Å². The number of carbonyl (C=O) groups excluding carboxylic acids is 4. The van der Waals surface area contributed by atoms with Gasteiger partial charge < -0.3 is 0 Å². The van der Waals surface area contributed by atoms with Gasteiger partial charge in [-0.2, -0.15) is 0 Å². The Balaban J connectivity index is -0.000000206. The minimum atomic E-state index is -0.0625. The van der Waals surface area contributed by atoms with Crippen LogP contribution in [-0.2, 0) is 22.0 Å². The number of Topliss-reactive ketones (excluding diaryl/α,β-unsaturated/α-hetero) is 4. The average molecular weight is 376 g/mol. The molecule has 0 fully saturated rings. The number of ketones is 4. The quantitative estimate of drug-likeness (QED) is 0.671. The van der Waals surface area contributed by atoms with E-state index in [0.29, 0.717) is 30.9 Å². The van der Waals surface area contributed by atoms with E-state index in [1.807, 2.05) is 0 Å². The van der Waals surface area contributed by atoms with Gasteiger partial charge >= 0.3 is 47.6 Å². The van der Waals surface area contributed by atoms with Crippen LogP contribution >= 0.6 is 0 Å². The Kier molecular flexibility index (Phi) is 19.3. The molecule has 0 saturated heterocycles. The molecule has 0 aliphatic rings. The van der Waals surface area contributed by atoms with Crippen molar-refractivity contribution in [3.63, 3.8) is 0 Å². The molecule has 0 heterocycles. The maximum atomic E-state index is 10.0. The summed E-state index contributed by atoms with van der Waals surface area (Å²) in [5.74, 6) is -0.250. The van der Waals surface area contributed by atoms with Crippen LogP contribution in [0.4, 0.5) is 0 Å². The fourth-order valence-electron chi connectivity index (χ4n) is 0.701. The molecule has 19 heavy (non-hydrogen) atoms. The zero-order valence-corrected chi connectivity index (χ0v) is 18.7. The van der Waals surface area contributed by atoms with Crippen LogP contribution in [0.1, 0.15) is 54.4 Å². The molecule has 0 unspecified atom stereocenters. The van der Waals surface area contributed by atoms with Gasteiger partial charge in [-0.1, -0.05) is 0 Å². The Labute approximate surface area is 130 Å². The van der Waals surface area contributed by atoms with E-state index in [4.69, 9.17) is 2.85 Å². The van der Waals surface area contributed by atoms with Gasteiger partial charge in [-0.3, -0.25) is 19.2 Å². The Morgan fingerprint density at radius 1 is 0.789 bits per heavy atom. The van der Waals surface area contributed by atoms with Gasteiger partial charge in [0.2, 0.25) is 0 Å². The average Bonchev–Trinajstić information content (AvgIpc) is 2.14. The van der Waals surface area contributed by atoms with Gasteiger partial charge in [0.05, 0.1) is 12.8 Å². The molecular formula is C13H25InO5. The zero-order chi connectivity index (χ0) is 16.0. The molecule has 0 aromatic heterocycles. The zero-order valence-electron chi connectivity index (χ0n) is 13.0. The molecule has 5 nitrogen and oxygen atoms in total. The first-order chi connectivity index (χ1) is 8.52. The summed E-state index contributed by atoms with van der Waals surface area (Å²) in [6.45, 7) is 9.72. The summed E-state index contributed by atoms with van der Waals surface area (Å²) in [4.78, 5) is 40.1. The van der Waals surface area contributed by atoms with E-state index in [1.54, 1.807) is 0 Å². The summed E-state index contributed by atoms with van der Waals surface area (Å²) >= 11 is 0.451. The topological polar surface area (TPSA) is 77.5 Å². The molecule has 0 amide bonds. The van der Waals surface area contributed by atoms with Crippen LogP contribution in [0, 0.1) is 0 Å². The fourth-order valence-corrected chi connectivity index (χ4v) is 0.701. The van der Waals surface area contributed by atoms with Gasteiger partial charge in [-0.05, 0) is 27.7 Å². The van der Waals surface area contributed by atoms with Crippen molar-refractivity contribution in [3.05, 3.63) is 0 Å². The second-order valence-corrected chi connectivity index (χ2v) is 5.79. The number of hydrogen-bond acceptors (Lipinski definition) is 5. The van der Waals surface area contributed by atoms with Crippen LogP contribution in [-0.4, -0.2) is 54.0 Å². The van der Waals surface area contributed by atoms with Crippen molar-refractivity contribution in [1.82, 2.24) is 0 Å². The van der Waals surface area contributed by atoms with Crippen LogP contribution in [0.2, 0.25) is 0 Å². The van der Waals surface area contributed by atoms with Gasteiger partial charge in [0.25, 0.3) is 0 Å². The summed E-state index contributed by atoms with van der Waals surface area (Å²) < 4.78 is 4.96. The third-order valence-electron chi connectivity index (χ3n) is 1.47. The molecule has 0 saturated carbocycles. The van der Waals surface area contributed by atoms with Gasteiger partial charge in [-0.25, -0.2) is 0 Å². The van der Waals surface area contributed by atoms with Crippen molar-refractivity contribution in [2.45, 2.75) is 60.5 Å². The normalized spacial score (nSPS) is 8.58. The van der Waals surface area contributed by atoms with Crippen LogP contribution in [0.3, 0.4) is 0 Å². The van der Waals surface area contributed by atoms with Crippen LogP contribution in [0.15, 0.2) is 0 Å². The van der Waals surface area contributed by atoms with E-state index < -0.39 is 0 Å². The molecular weight excluding hydrogens is 351 g/mol. The predicted molar refractivity (Wildman–Crippen MR) is 76.7 cm³/mol. The molecule has 6 heteroatoms. The van der Waals surface area contributed by atoms with Crippen molar-refractivity contribution >= 4 is 47.9 Å². The maximum absolute atomic E-state index is 10.0. The number of rotatable bonds is 5. The van der Waals surface area contributed by atoms with Gasteiger partial charge in [-0.15, -0.1) is 0 Å². The molecule has 110 valence electrons. The first-order valence-corrected chi connectivity index (χ1v) is 8.36. The molecule has 0 N–H and O–H groups in total. The van der Waals surface area contributed by atoms with Crippen molar-refractivity contribution in [1.29, 1.82) is 0 Å². The van der Waals surface area contributed by atoms with E-state index in [2.05, 4.69) is 13.8 Å². The van der Waals surface area contributed by atoms with E-state index in [9.17, 15) is 19.2 Å². The molecule has 0 aliphatic carbocycles. The van der Waals surface area contributed by atoms with Crippen LogP contribution in [0.25, 0.3) is 0 Å². The Morgan fingerprint density at radius 3 is 0.947 bits per heavy atom. The second-order valence-electron chi connectivity index (χ2n) is 4.45. The third-order valence-corrected chi connectivity index (χ3v) is 4.16. The summed E-state index contributed by atoms with van der Waals surface area (Å²) in [6, 6.07) is 0. The summed E-state index contributed by atoms with van der Waals surface area (Å²) in [5.41, 5.74) is 0. The van der Waals surface area contributed by atoms with Gasteiger partial charge in [0.1, 0.15) is 23.1 Å². The first-order valence-electron chi connectivity index (χ1n) is 6.03. The second kappa shape index (κ2) is 15.6. The summed E-state index contributed by atoms with van der Waals surface area (Å²) in [6.07, 6.45) is 0.644.